The van der Waals surface area contributed by atoms with E-state index >= 15 is 0 Å². The van der Waals surface area contributed by atoms with Crippen molar-refractivity contribution in [2.24, 2.45) is 9.98 Å². The van der Waals surface area contributed by atoms with Gasteiger partial charge < -0.3 is 10.2 Å². The van der Waals surface area contributed by atoms with E-state index in [0.29, 0.717) is 34.3 Å². The fraction of sp³-hybridized carbons (Fsp3) is 0.176. The Morgan fingerprint density at radius 3 is 1.65 bits per heavy atom. The molecular formula is C17H16Cl2N2O2. The number of hydrogen-bond donors (Lipinski definition) is 2. The Kier molecular flexibility index (Phi) is 6.44. The molecule has 0 heterocycles. The lowest BCUT2D eigenvalue weighted by molar-refractivity contribution is 0.474. The molecule has 2 aromatic carbocycles. The third kappa shape index (κ3) is 5.58. The summed E-state index contributed by atoms with van der Waals surface area (Å²) in [6.45, 7) is 1.15. The predicted molar refractivity (Wildman–Crippen MR) is 95.8 cm³/mol. The van der Waals surface area contributed by atoms with E-state index in [2.05, 4.69) is 9.98 Å². The van der Waals surface area contributed by atoms with Gasteiger partial charge >= 0.3 is 0 Å². The first-order chi connectivity index (χ1) is 11.1. The molecule has 0 aliphatic heterocycles. The molecule has 0 bridgehead atoms. The van der Waals surface area contributed by atoms with E-state index in [0.717, 1.165) is 6.42 Å². The average Bonchev–Trinajstić information content (AvgIpc) is 2.52. The van der Waals surface area contributed by atoms with Crippen molar-refractivity contribution in [3.63, 3.8) is 0 Å². The minimum absolute atomic E-state index is 0.146. The van der Waals surface area contributed by atoms with Gasteiger partial charge in [0.15, 0.2) is 0 Å². The third-order valence-corrected chi connectivity index (χ3v) is 3.48. The number of phenols is 2. The van der Waals surface area contributed by atoms with E-state index in [1.54, 1.807) is 36.7 Å². The summed E-state index contributed by atoms with van der Waals surface area (Å²) in [7, 11) is 0. The highest BCUT2D eigenvalue weighted by molar-refractivity contribution is 6.31. The van der Waals surface area contributed by atoms with Gasteiger partial charge in [-0.05, 0) is 42.8 Å². The van der Waals surface area contributed by atoms with Gasteiger partial charge in [-0.25, -0.2) is 0 Å². The third-order valence-electron chi connectivity index (χ3n) is 3.01. The molecule has 0 saturated heterocycles. The minimum atomic E-state index is 0.146. The molecule has 0 atom stereocenters. The molecule has 23 heavy (non-hydrogen) atoms. The van der Waals surface area contributed by atoms with Crippen molar-refractivity contribution in [2.45, 2.75) is 6.42 Å². The zero-order valence-corrected chi connectivity index (χ0v) is 13.8. The normalized spacial score (nSPS) is 11.6. The molecule has 0 amide bonds. The molecule has 2 aromatic rings. The number of nitrogens with zero attached hydrogens (tertiary/aromatic N) is 2. The zero-order chi connectivity index (χ0) is 16.7. The Labute approximate surface area is 144 Å². The number of aliphatic imine (C=N–C) groups is 2. The molecule has 0 aromatic heterocycles. The lowest BCUT2D eigenvalue weighted by atomic mass is 10.2. The van der Waals surface area contributed by atoms with E-state index in [4.69, 9.17) is 23.2 Å². The van der Waals surface area contributed by atoms with Gasteiger partial charge in [-0.2, -0.15) is 0 Å². The Morgan fingerprint density at radius 1 is 0.783 bits per heavy atom. The molecule has 0 radical (unpaired) electrons. The molecule has 120 valence electrons. The predicted octanol–water partition coefficient (Wildman–Crippen LogP) is 4.33. The van der Waals surface area contributed by atoms with Crippen molar-refractivity contribution in [3.05, 3.63) is 57.6 Å². The van der Waals surface area contributed by atoms with Gasteiger partial charge in [0.05, 0.1) is 0 Å². The fourth-order valence-corrected chi connectivity index (χ4v) is 2.20. The second-order valence-corrected chi connectivity index (χ2v) is 5.70. The average molecular weight is 351 g/mol. The van der Waals surface area contributed by atoms with Crippen LogP contribution in [0.2, 0.25) is 10.0 Å². The highest BCUT2D eigenvalue weighted by Gasteiger charge is 1.99. The number of phenolic OH excluding ortho intramolecular Hbond substituents is 2. The zero-order valence-electron chi connectivity index (χ0n) is 12.3. The van der Waals surface area contributed by atoms with Gasteiger partial charge in [0.25, 0.3) is 0 Å². The summed E-state index contributed by atoms with van der Waals surface area (Å²) in [4.78, 5) is 8.46. The first kappa shape index (κ1) is 17.3. The molecule has 0 spiro atoms. The molecule has 0 fully saturated rings. The van der Waals surface area contributed by atoms with E-state index < -0.39 is 0 Å². The summed E-state index contributed by atoms with van der Waals surface area (Å²) < 4.78 is 0. The Balaban J connectivity index is 1.79. The van der Waals surface area contributed by atoms with Crippen LogP contribution in [0.3, 0.4) is 0 Å². The lowest BCUT2D eigenvalue weighted by Crippen LogP contribution is -1.90. The van der Waals surface area contributed by atoms with Crippen molar-refractivity contribution < 1.29 is 10.2 Å². The van der Waals surface area contributed by atoms with Crippen LogP contribution in [0.25, 0.3) is 0 Å². The summed E-state index contributed by atoms with van der Waals surface area (Å²) in [5.41, 5.74) is 1.18. The standard InChI is InChI=1S/C17H16Cl2N2O2/c18-14-2-4-16(22)12(8-14)10-20-6-1-7-21-11-13-9-15(19)3-5-17(13)23/h2-5,8-11,22-23H,1,6-7H2. The van der Waals surface area contributed by atoms with Crippen LogP contribution < -0.4 is 0 Å². The minimum Gasteiger partial charge on any atom is -0.507 e. The van der Waals surface area contributed by atoms with Crippen LogP contribution in [0.15, 0.2) is 46.4 Å². The molecule has 2 rings (SSSR count). The smallest absolute Gasteiger partial charge is 0.124 e. The molecule has 2 N–H and O–H groups in total. The van der Waals surface area contributed by atoms with E-state index in [1.165, 1.54) is 12.1 Å². The summed E-state index contributed by atoms with van der Waals surface area (Å²) in [6, 6.07) is 9.61. The molecule has 0 aliphatic rings. The topological polar surface area (TPSA) is 65.2 Å². The second-order valence-electron chi connectivity index (χ2n) is 4.83. The number of hydrogen-bond acceptors (Lipinski definition) is 4. The Hall–Kier alpha value is -2.04. The van der Waals surface area contributed by atoms with E-state index in [9.17, 15) is 10.2 Å². The highest BCUT2D eigenvalue weighted by Crippen LogP contribution is 2.20. The monoisotopic (exact) mass is 350 g/mol. The van der Waals surface area contributed by atoms with Crippen LogP contribution in [0.1, 0.15) is 17.5 Å². The van der Waals surface area contributed by atoms with Crippen molar-refractivity contribution in [2.75, 3.05) is 13.1 Å². The van der Waals surface area contributed by atoms with Crippen LogP contribution in [0.4, 0.5) is 0 Å². The Morgan fingerprint density at radius 2 is 1.22 bits per heavy atom. The van der Waals surface area contributed by atoms with E-state index in [-0.39, 0.29) is 11.5 Å². The molecule has 0 saturated carbocycles. The highest BCUT2D eigenvalue weighted by atomic mass is 35.5. The molecular weight excluding hydrogens is 335 g/mol. The van der Waals surface area contributed by atoms with Gasteiger partial charge in [0.2, 0.25) is 0 Å². The number of rotatable bonds is 6. The van der Waals surface area contributed by atoms with Crippen molar-refractivity contribution in [1.29, 1.82) is 0 Å². The second kappa shape index (κ2) is 8.56. The maximum Gasteiger partial charge on any atom is 0.124 e. The molecule has 6 heteroatoms. The van der Waals surface area contributed by atoms with Crippen molar-refractivity contribution in [1.82, 2.24) is 0 Å². The van der Waals surface area contributed by atoms with Crippen LogP contribution >= 0.6 is 23.2 Å². The quantitative estimate of drug-likeness (QED) is 0.601. The van der Waals surface area contributed by atoms with Gasteiger partial charge in [-0.3, -0.25) is 9.98 Å². The first-order valence-corrected chi connectivity index (χ1v) is 7.78. The molecule has 4 nitrogen and oxygen atoms in total. The number of halogens is 2. The van der Waals surface area contributed by atoms with Gasteiger partial charge in [0, 0.05) is 46.7 Å². The Bertz CT molecular complexity index is 669. The lowest BCUT2D eigenvalue weighted by Gasteiger charge is -1.99. The van der Waals surface area contributed by atoms with Crippen LogP contribution in [-0.2, 0) is 0 Å². The maximum atomic E-state index is 9.64. The summed E-state index contributed by atoms with van der Waals surface area (Å²) in [5.74, 6) is 0.292. The molecule has 0 aliphatic carbocycles. The number of benzene rings is 2. The largest absolute Gasteiger partial charge is 0.507 e. The van der Waals surface area contributed by atoms with Gasteiger partial charge in [0.1, 0.15) is 11.5 Å². The van der Waals surface area contributed by atoms with Crippen LogP contribution in [-0.4, -0.2) is 35.7 Å². The number of aromatic hydroxyl groups is 2. The van der Waals surface area contributed by atoms with Gasteiger partial charge in [-0.1, -0.05) is 23.2 Å². The van der Waals surface area contributed by atoms with Gasteiger partial charge in [-0.15, -0.1) is 0 Å². The van der Waals surface area contributed by atoms with Crippen LogP contribution in [0.5, 0.6) is 11.5 Å². The first-order valence-electron chi connectivity index (χ1n) is 7.03. The summed E-state index contributed by atoms with van der Waals surface area (Å²) in [5, 5.41) is 20.4. The van der Waals surface area contributed by atoms with Crippen LogP contribution in [0, 0.1) is 0 Å². The van der Waals surface area contributed by atoms with E-state index in [1.807, 2.05) is 0 Å². The maximum absolute atomic E-state index is 9.64. The SMILES string of the molecule is Oc1ccc(Cl)cc1C=NCCCN=Cc1cc(Cl)ccc1O. The summed E-state index contributed by atoms with van der Waals surface area (Å²) >= 11 is 11.7. The summed E-state index contributed by atoms with van der Waals surface area (Å²) in [6.07, 6.45) is 3.93. The fourth-order valence-electron chi connectivity index (χ4n) is 1.84. The van der Waals surface area contributed by atoms with Crippen molar-refractivity contribution >= 4 is 35.6 Å². The van der Waals surface area contributed by atoms with Crippen molar-refractivity contribution in [3.8, 4) is 11.5 Å². The molecule has 0 unspecified atom stereocenters.